The second kappa shape index (κ2) is 3.64. The highest BCUT2D eigenvalue weighted by Crippen LogP contribution is 2.16. The fourth-order valence-corrected chi connectivity index (χ4v) is 1.79. The molecule has 2 saturated heterocycles. The Morgan fingerprint density at radius 2 is 2.23 bits per heavy atom. The summed E-state index contributed by atoms with van der Waals surface area (Å²) in [6.07, 6.45) is 0. The maximum absolute atomic E-state index is 11.7. The Morgan fingerprint density at radius 3 is 2.69 bits per heavy atom. The molecule has 13 heavy (non-hydrogen) atoms. The molecule has 4 heteroatoms. The predicted octanol–water partition coefficient (Wildman–Crippen LogP) is -0.643. The molecule has 2 N–H and O–H groups in total. The van der Waals surface area contributed by atoms with Crippen LogP contribution in [0.15, 0.2) is 0 Å². The van der Waals surface area contributed by atoms with E-state index < -0.39 is 0 Å². The molecule has 1 amide bonds. The van der Waals surface area contributed by atoms with Crippen LogP contribution in [0.5, 0.6) is 0 Å². The minimum absolute atomic E-state index is 0.153. The van der Waals surface area contributed by atoms with Gasteiger partial charge >= 0.3 is 0 Å². The molecule has 0 aromatic rings. The molecule has 0 radical (unpaired) electrons. The molecular formula is C9H16N2O2. The van der Waals surface area contributed by atoms with Gasteiger partial charge in [0.1, 0.15) is 0 Å². The molecule has 2 rings (SSSR count). The first-order valence-electron chi connectivity index (χ1n) is 4.86. The van der Waals surface area contributed by atoms with Gasteiger partial charge in [0.2, 0.25) is 5.91 Å². The van der Waals surface area contributed by atoms with Crippen LogP contribution >= 0.6 is 0 Å². The summed E-state index contributed by atoms with van der Waals surface area (Å²) in [6.45, 7) is 5.25. The lowest BCUT2D eigenvalue weighted by atomic mass is 9.97. The summed E-state index contributed by atoms with van der Waals surface area (Å²) in [6, 6.07) is 0.264. The van der Waals surface area contributed by atoms with Crippen molar-refractivity contribution in [3.63, 3.8) is 0 Å². The first kappa shape index (κ1) is 8.97. The van der Waals surface area contributed by atoms with Gasteiger partial charge in [0.15, 0.2) is 0 Å². The minimum Gasteiger partial charge on any atom is -0.377 e. The summed E-state index contributed by atoms with van der Waals surface area (Å²) < 4.78 is 4.99. The standard InChI is InChI=1S/C9H16N2O2/c1-6-2-10-3-8(6)9(12)11-7-4-13-5-7/h6-8,10H,2-5H2,1H3,(H,11,12). The van der Waals surface area contributed by atoms with E-state index in [1.807, 2.05) is 0 Å². The zero-order valence-electron chi connectivity index (χ0n) is 7.88. The van der Waals surface area contributed by atoms with Gasteiger partial charge in [-0.3, -0.25) is 4.79 Å². The number of carbonyl (C=O) groups is 1. The number of nitrogens with one attached hydrogen (secondary N) is 2. The van der Waals surface area contributed by atoms with Crippen molar-refractivity contribution in [1.29, 1.82) is 0 Å². The zero-order chi connectivity index (χ0) is 9.26. The summed E-state index contributed by atoms with van der Waals surface area (Å²) >= 11 is 0. The van der Waals surface area contributed by atoms with Crippen LogP contribution in [0.1, 0.15) is 6.92 Å². The fourth-order valence-electron chi connectivity index (χ4n) is 1.79. The van der Waals surface area contributed by atoms with Crippen molar-refractivity contribution in [2.75, 3.05) is 26.3 Å². The highest BCUT2D eigenvalue weighted by atomic mass is 16.5. The predicted molar refractivity (Wildman–Crippen MR) is 48.3 cm³/mol. The van der Waals surface area contributed by atoms with Gasteiger partial charge in [-0.25, -0.2) is 0 Å². The maximum atomic E-state index is 11.7. The number of amides is 1. The fraction of sp³-hybridized carbons (Fsp3) is 0.889. The van der Waals surface area contributed by atoms with Crippen LogP contribution in [0.25, 0.3) is 0 Å². The summed E-state index contributed by atoms with van der Waals surface area (Å²) in [5, 5.41) is 6.20. The summed E-state index contributed by atoms with van der Waals surface area (Å²) in [5.74, 6) is 0.799. The van der Waals surface area contributed by atoms with Crippen molar-refractivity contribution in [3.05, 3.63) is 0 Å². The number of ether oxygens (including phenoxy) is 1. The Morgan fingerprint density at radius 1 is 1.46 bits per heavy atom. The van der Waals surface area contributed by atoms with E-state index in [0.29, 0.717) is 19.1 Å². The van der Waals surface area contributed by atoms with Crippen LogP contribution in [0.3, 0.4) is 0 Å². The topological polar surface area (TPSA) is 50.4 Å². The molecule has 2 atom stereocenters. The summed E-state index contributed by atoms with van der Waals surface area (Å²) in [4.78, 5) is 11.7. The number of rotatable bonds is 2. The van der Waals surface area contributed by atoms with E-state index in [-0.39, 0.29) is 17.9 Å². The van der Waals surface area contributed by atoms with Gasteiger partial charge in [-0.2, -0.15) is 0 Å². The SMILES string of the molecule is CC1CNCC1C(=O)NC1COC1. The monoisotopic (exact) mass is 184 g/mol. The molecule has 0 aromatic carbocycles. The van der Waals surface area contributed by atoms with Crippen LogP contribution in [0.2, 0.25) is 0 Å². The van der Waals surface area contributed by atoms with Gasteiger partial charge < -0.3 is 15.4 Å². The molecule has 0 spiro atoms. The lowest BCUT2D eigenvalue weighted by molar-refractivity contribution is -0.129. The van der Waals surface area contributed by atoms with Crippen molar-refractivity contribution < 1.29 is 9.53 Å². The molecular weight excluding hydrogens is 168 g/mol. The quantitative estimate of drug-likeness (QED) is 0.600. The van der Waals surface area contributed by atoms with E-state index in [9.17, 15) is 4.79 Å². The molecule has 2 unspecified atom stereocenters. The molecule has 2 fully saturated rings. The third-order valence-electron chi connectivity index (χ3n) is 2.84. The van der Waals surface area contributed by atoms with Gasteiger partial charge in [0.25, 0.3) is 0 Å². The van der Waals surface area contributed by atoms with Crippen molar-refractivity contribution in [2.45, 2.75) is 13.0 Å². The molecule has 2 heterocycles. The minimum atomic E-state index is 0.153. The van der Waals surface area contributed by atoms with Crippen LogP contribution in [-0.2, 0) is 9.53 Å². The van der Waals surface area contributed by atoms with Crippen LogP contribution in [0, 0.1) is 11.8 Å². The van der Waals surface area contributed by atoms with Gasteiger partial charge in [-0.05, 0) is 12.5 Å². The smallest absolute Gasteiger partial charge is 0.225 e. The van der Waals surface area contributed by atoms with E-state index in [2.05, 4.69) is 17.6 Å². The summed E-state index contributed by atoms with van der Waals surface area (Å²) in [7, 11) is 0. The highest BCUT2D eigenvalue weighted by Gasteiger charge is 2.31. The molecule has 4 nitrogen and oxygen atoms in total. The molecule has 0 aliphatic carbocycles. The van der Waals surface area contributed by atoms with Crippen molar-refractivity contribution in [3.8, 4) is 0 Å². The third kappa shape index (κ3) is 1.84. The van der Waals surface area contributed by atoms with Crippen LogP contribution < -0.4 is 10.6 Å². The normalized spacial score (nSPS) is 34.2. The second-order valence-corrected chi connectivity index (χ2v) is 3.98. The van der Waals surface area contributed by atoms with Crippen molar-refractivity contribution >= 4 is 5.91 Å². The molecule has 2 aliphatic heterocycles. The highest BCUT2D eigenvalue weighted by molar-refractivity contribution is 5.80. The van der Waals surface area contributed by atoms with Crippen molar-refractivity contribution in [1.82, 2.24) is 10.6 Å². The average molecular weight is 184 g/mol. The van der Waals surface area contributed by atoms with Crippen LogP contribution in [0.4, 0.5) is 0 Å². The first-order valence-corrected chi connectivity index (χ1v) is 4.86. The Kier molecular flexibility index (Phi) is 2.51. The van der Waals surface area contributed by atoms with E-state index in [1.165, 1.54) is 0 Å². The summed E-state index contributed by atoms with van der Waals surface area (Å²) in [5.41, 5.74) is 0. The van der Waals surface area contributed by atoms with E-state index >= 15 is 0 Å². The van der Waals surface area contributed by atoms with E-state index in [1.54, 1.807) is 0 Å². The zero-order valence-corrected chi connectivity index (χ0v) is 7.88. The van der Waals surface area contributed by atoms with Gasteiger partial charge in [0.05, 0.1) is 25.2 Å². The molecule has 0 aromatic heterocycles. The Bertz CT molecular complexity index is 204. The van der Waals surface area contributed by atoms with E-state index in [0.717, 1.165) is 13.1 Å². The van der Waals surface area contributed by atoms with Crippen molar-refractivity contribution in [2.24, 2.45) is 11.8 Å². The van der Waals surface area contributed by atoms with Crippen LogP contribution in [-0.4, -0.2) is 38.3 Å². The lowest BCUT2D eigenvalue weighted by Gasteiger charge is -2.28. The first-order chi connectivity index (χ1) is 6.27. The lowest BCUT2D eigenvalue weighted by Crippen LogP contribution is -2.51. The molecule has 0 bridgehead atoms. The Balaban J connectivity index is 1.81. The number of hydrogen-bond acceptors (Lipinski definition) is 3. The molecule has 74 valence electrons. The number of carbonyl (C=O) groups excluding carboxylic acids is 1. The Hall–Kier alpha value is -0.610. The largest absolute Gasteiger partial charge is 0.377 e. The van der Waals surface area contributed by atoms with E-state index in [4.69, 9.17) is 4.74 Å². The maximum Gasteiger partial charge on any atom is 0.225 e. The molecule has 2 aliphatic rings. The number of hydrogen-bond donors (Lipinski definition) is 2. The Labute approximate surface area is 78.0 Å². The van der Waals surface area contributed by atoms with Gasteiger partial charge in [-0.1, -0.05) is 6.92 Å². The third-order valence-corrected chi connectivity index (χ3v) is 2.84. The van der Waals surface area contributed by atoms with Gasteiger partial charge in [-0.15, -0.1) is 0 Å². The molecule has 0 saturated carbocycles. The van der Waals surface area contributed by atoms with Gasteiger partial charge in [0, 0.05) is 6.54 Å². The average Bonchev–Trinajstić information content (AvgIpc) is 2.43. The second-order valence-electron chi connectivity index (χ2n) is 3.98.